The van der Waals surface area contributed by atoms with Crippen LogP contribution < -0.4 is 4.74 Å². The molecule has 1 aromatic carbocycles. The summed E-state index contributed by atoms with van der Waals surface area (Å²) in [6.07, 6.45) is 0.175. The lowest BCUT2D eigenvalue weighted by Gasteiger charge is -2.32. The number of rotatable bonds is 6. The third kappa shape index (κ3) is 4.96. The molecule has 1 N–H and O–H groups in total. The van der Waals surface area contributed by atoms with Gasteiger partial charge in [-0.2, -0.15) is 0 Å². The number of morpholine rings is 1. The summed E-state index contributed by atoms with van der Waals surface area (Å²) in [5.74, 6) is -0.0118. The lowest BCUT2D eigenvalue weighted by molar-refractivity contribution is -0.158. The van der Waals surface area contributed by atoms with E-state index in [0.717, 1.165) is 11.3 Å². The molecule has 0 bridgehead atoms. The molecular weight excluding hydrogens is 298 g/mol. The third-order valence-corrected chi connectivity index (χ3v) is 3.60. The molecule has 126 valence electrons. The smallest absolute Gasteiger partial charge is 0.328 e. The number of carbonyl (C=O) groups is 2. The summed E-state index contributed by atoms with van der Waals surface area (Å²) in [6.45, 7) is 5.53. The van der Waals surface area contributed by atoms with Crippen molar-refractivity contribution < 1.29 is 24.2 Å². The lowest BCUT2D eigenvalue weighted by atomic mass is 10.1. The van der Waals surface area contributed by atoms with Gasteiger partial charge in [-0.25, -0.2) is 4.79 Å². The van der Waals surface area contributed by atoms with Crippen molar-refractivity contribution in [2.24, 2.45) is 5.92 Å². The van der Waals surface area contributed by atoms with Crippen LogP contribution in [0.5, 0.6) is 5.75 Å². The first kappa shape index (κ1) is 17.3. The Hall–Kier alpha value is -2.08. The summed E-state index contributed by atoms with van der Waals surface area (Å²) in [5.41, 5.74) is 0.836. The minimum atomic E-state index is -1.03. The van der Waals surface area contributed by atoms with Crippen LogP contribution in [-0.4, -0.2) is 54.3 Å². The van der Waals surface area contributed by atoms with E-state index in [0.29, 0.717) is 25.7 Å². The summed E-state index contributed by atoms with van der Waals surface area (Å²) >= 11 is 0. The Labute approximate surface area is 136 Å². The molecular formula is C17H23NO5. The molecule has 1 atom stereocenters. The maximum absolute atomic E-state index is 12.4. The quantitative estimate of drug-likeness (QED) is 0.861. The summed E-state index contributed by atoms with van der Waals surface area (Å²) < 4.78 is 10.7. The van der Waals surface area contributed by atoms with Gasteiger partial charge in [-0.05, 0) is 23.6 Å². The number of amides is 1. The van der Waals surface area contributed by atoms with Crippen molar-refractivity contribution in [2.45, 2.75) is 26.3 Å². The fourth-order valence-corrected chi connectivity index (χ4v) is 2.35. The Kier molecular flexibility index (Phi) is 5.98. The van der Waals surface area contributed by atoms with Gasteiger partial charge in [0.25, 0.3) is 0 Å². The van der Waals surface area contributed by atoms with Crippen molar-refractivity contribution in [3.05, 3.63) is 29.8 Å². The number of hydrogen-bond donors (Lipinski definition) is 1. The van der Waals surface area contributed by atoms with E-state index >= 15 is 0 Å². The van der Waals surface area contributed by atoms with Gasteiger partial charge in [0, 0.05) is 6.54 Å². The van der Waals surface area contributed by atoms with E-state index in [1.807, 2.05) is 24.3 Å². The van der Waals surface area contributed by atoms with Crippen LogP contribution in [0.2, 0.25) is 0 Å². The molecule has 0 saturated carbocycles. The zero-order valence-corrected chi connectivity index (χ0v) is 13.5. The predicted octanol–water partition coefficient (Wildman–Crippen LogP) is 1.58. The number of carboxylic acids is 1. The Morgan fingerprint density at radius 1 is 1.35 bits per heavy atom. The number of hydrogen-bond acceptors (Lipinski definition) is 4. The Morgan fingerprint density at radius 2 is 2.04 bits per heavy atom. The zero-order chi connectivity index (χ0) is 16.8. The Morgan fingerprint density at radius 3 is 2.65 bits per heavy atom. The molecule has 23 heavy (non-hydrogen) atoms. The highest BCUT2D eigenvalue weighted by Gasteiger charge is 2.32. The van der Waals surface area contributed by atoms with Crippen molar-refractivity contribution in [3.8, 4) is 5.75 Å². The fourth-order valence-electron chi connectivity index (χ4n) is 2.35. The highest BCUT2D eigenvalue weighted by molar-refractivity contribution is 5.85. The monoisotopic (exact) mass is 321 g/mol. The summed E-state index contributed by atoms with van der Waals surface area (Å²) in [6, 6.07) is 6.44. The molecule has 1 unspecified atom stereocenters. The number of benzene rings is 1. The van der Waals surface area contributed by atoms with E-state index in [2.05, 4.69) is 13.8 Å². The summed E-state index contributed by atoms with van der Waals surface area (Å²) in [5, 5.41) is 9.17. The lowest BCUT2D eigenvalue weighted by Crippen LogP contribution is -2.53. The van der Waals surface area contributed by atoms with Crippen LogP contribution in [0.3, 0.4) is 0 Å². The van der Waals surface area contributed by atoms with E-state index in [4.69, 9.17) is 9.47 Å². The molecule has 2 rings (SSSR count). The van der Waals surface area contributed by atoms with Gasteiger partial charge >= 0.3 is 5.97 Å². The van der Waals surface area contributed by atoms with Gasteiger partial charge in [-0.15, -0.1) is 0 Å². The highest BCUT2D eigenvalue weighted by Crippen LogP contribution is 2.16. The van der Waals surface area contributed by atoms with Crippen molar-refractivity contribution in [2.75, 3.05) is 26.4 Å². The molecule has 1 aliphatic heterocycles. The third-order valence-electron chi connectivity index (χ3n) is 3.60. The van der Waals surface area contributed by atoms with E-state index < -0.39 is 12.0 Å². The average molecular weight is 321 g/mol. The molecule has 6 nitrogen and oxygen atoms in total. The normalized spacial score (nSPS) is 18.0. The van der Waals surface area contributed by atoms with Gasteiger partial charge in [0.1, 0.15) is 5.75 Å². The van der Waals surface area contributed by atoms with Gasteiger partial charge in [-0.1, -0.05) is 26.0 Å². The van der Waals surface area contributed by atoms with Crippen LogP contribution in [0, 0.1) is 5.92 Å². The van der Waals surface area contributed by atoms with Gasteiger partial charge in [-0.3, -0.25) is 4.79 Å². The highest BCUT2D eigenvalue weighted by atomic mass is 16.5. The molecule has 1 aliphatic rings. The molecule has 0 spiro atoms. The topological polar surface area (TPSA) is 76.1 Å². The number of carbonyl (C=O) groups excluding carboxylic acids is 1. The van der Waals surface area contributed by atoms with Crippen LogP contribution in [-0.2, 0) is 20.7 Å². The number of nitrogens with zero attached hydrogens (tertiary/aromatic N) is 1. The minimum absolute atomic E-state index is 0.0447. The predicted molar refractivity (Wildman–Crippen MR) is 84.4 cm³/mol. The molecule has 1 aromatic rings. The van der Waals surface area contributed by atoms with Crippen LogP contribution in [0.15, 0.2) is 24.3 Å². The maximum Gasteiger partial charge on any atom is 0.328 e. The largest absolute Gasteiger partial charge is 0.493 e. The van der Waals surface area contributed by atoms with E-state index in [9.17, 15) is 14.7 Å². The molecule has 1 heterocycles. The van der Waals surface area contributed by atoms with Gasteiger partial charge in [0.15, 0.2) is 6.04 Å². The second-order valence-electron chi connectivity index (χ2n) is 6.04. The molecule has 1 amide bonds. The van der Waals surface area contributed by atoms with Gasteiger partial charge < -0.3 is 19.5 Å². The first-order chi connectivity index (χ1) is 11.0. The average Bonchev–Trinajstić information content (AvgIpc) is 2.54. The molecule has 0 aromatic heterocycles. The van der Waals surface area contributed by atoms with Crippen molar-refractivity contribution in [1.82, 2.24) is 4.90 Å². The molecule has 0 radical (unpaired) electrons. The first-order valence-electron chi connectivity index (χ1n) is 7.79. The number of carboxylic acid groups (broad SMARTS) is 1. The number of aliphatic carboxylic acids is 1. The first-order valence-corrected chi connectivity index (χ1v) is 7.79. The molecule has 1 fully saturated rings. The SMILES string of the molecule is CC(C)COc1ccc(CC(=O)N2CCOCC2C(=O)O)cc1. The van der Waals surface area contributed by atoms with E-state index in [1.54, 1.807) is 0 Å². The summed E-state index contributed by atoms with van der Waals surface area (Å²) in [4.78, 5) is 24.9. The van der Waals surface area contributed by atoms with E-state index in [1.165, 1.54) is 4.90 Å². The second-order valence-corrected chi connectivity index (χ2v) is 6.04. The maximum atomic E-state index is 12.4. The Bertz CT molecular complexity index is 540. The second kappa shape index (κ2) is 7.97. The minimum Gasteiger partial charge on any atom is -0.493 e. The standard InChI is InChI=1S/C17H23NO5/c1-12(2)10-23-14-5-3-13(4-6-14)9-16(19)18-7-8-22-11-15(18)17(20)21/h3-6,12,15H,7-11H2,1-2H3,(H,20,21). The Balaban J connectivity index is 1.95. The van der Waals surface area contributed by atoms with Crippen LogP contribution in [0.25, 0.3) is 0 Å². The van der Waals surface area contributed by atoms with Crippen LogP contribution in [0.4, 0.5) is 0 Å². The van der Waals surface area contributed by atoms with Gasteiger partial charge in [0.05, 0.1) is 26.2 Å². The van der Waals surface area contributed by atoms with E-state index in [-0.39, 0.29) is 18.9 Å². The zero-order valence-electron chi connectivity index (χ0n) is 13.5. The van der Waals surface area contributed by atoms with Crippen LogP contribution in [0.1, 0.15) is 19.4 Å². The molecule has 1 saturated heterocycles. The molecule has 0 aliphatic carbocycles. The number of ether oxygens (including phenoxy) is 2. The van der Waals surface area contributed by atoms with Crippen molar-refractivity contribution >= 4 is 11.9 Å². The summed E-state index contributed by atoms with van der Waals surface area (Å²) in [7, 11) is 0. The van der Waals surface area contributed by atoms with Crippen molar-refractivity contribution in [3.63, 3.8) is 0 Å². The van der Waals surface area contributed by atoms with Crippen LogP contribution >= 0.6 is 0 Å². The van der Waals surface area contributed by atoms with Gasteiger partial charge in [0.2, 0.25) is 5.91 Å². The van der Waals surface area contributed by atoms with Crippen molar-refractivity contribution in [1.29, 1.82) is 0 Å². The molecule has 6 heteroatoms. The fraction of sp³-hybridized carbons (Fsp3) is 0.529.